The predicted molar refractivity (Wildman–Crippen MR) is 61.7 cm³/mol. The molecule has 1 aromatic rings. The molecule has 0 spiro atoms. The molecule has 0 atom stereocenters. The van der Waals surface area contributed by atoms with E-state index in [1.54, 1.807) is 12.1 Å². The number of amides is 2. The van der Waals surface area contributed by atoms with Gasteiger partial charge in [-0.3, -0.25) is 9.59 Å². The van der Waals surface area contributed by atoms with Crippen LogP contribution in [0.5, 0.6) is 0 Å². The zero-order valence-electron chi connectivity index (χ0n) is 8.69. The summed E-state index contributed by atoms with van der Waals surface area (Å²) in [6, 6.07) is 4.68. The molecule has 0 saturated heterocycles. The van der Waals surface area contributed by atoms with Gasteiger partial charge < -0.3 is 22.5 Å². The molecule has 16 heavy (non-hydrogen) atoms. The second kappa shape index (κ2) is 5.01. The lowest BCUT2D eigenvalue weighted by atomic mass is 10.1. The number of rotatable bonds is 5. The van der Waals surface area contributed by atoms with Gasteiger partial charge >= 0.3 is 0 Å². The lowest BCUT2D eigenvalue weighted by molar-refractivity contribution is -0.117. The number of hydrogen-bond acceptors (Lipinski definition) is 4. The van der Waals surface area contributed by atoms with Crippen LogP contribution in [-0.4, -0.2) is 18.4 Å². The molecule has 1 rings (SSSR count). The fourth-order valence-corrected chi connectivity index (χ4v) is 1.20. The van der Waals surface area contributed by atoms with Crippen molar-refractivity contribution in [3.8, 4) is 0 Å². The van der Waals surface area contributed by atoms with Gasteiger partial charge in [0.05, 0.1) is 11.4 Å². The molecule has 7 N–H and O–H groups in total. The van der Waals surface area contributed by atoms with Crippen LogP contribution in [0.25, 0.3) is 0 Å². The third-order valence-electron chi connectivity index (χ3n) is 2.02. The topological polar surface area (TPSA) is 124 Å². The van der Waals surface area contributed by atoms with Gasteiger partial charge in [-0.1, -0.05) is 0 Å². The van der Waals surface area contributed by atoms with Gasteiger partial charge in [-0.2, -0.15) is 0 Å². The smallest absolute Gasteiger partial charge is 0.248 e. The number of anilines is 2. The molecule has 0 unspecified atom stereocenters. The zero-order chi connectivity index (χ0) is 12.1. The van der Waals surface area contributed by atoms with E-state index in [0.29, 0.717) is 23.5 Å². The Morgan fingerprint density at radius 1 is 1.25 bits per heavy atom. The van der Waals surface area contributed by atoms with Gasteiger partial charge in [0.15, 0.2) is 0 Å². The Hall–Kier alpha value is -2.24. The van der Waals surface area contributed by atoms with Crippen LogP contribution in [0.15, 0.2) is 18.2 Å². The number of hydrogen-bond donors (Lipinski definition) is 4. The summed E-state index contributed by atoms with van der Waals surface area (Å²) in [6.45, 7) is 0.398. The fourth-order valence-electron chi connectivity index (χ4n) is 1.20. The first-order valence-corrected chi connectivity index (χ1v) is 4.72. The second-order valence-electron chi connectivity index (χ2n) is 3.31. The summed E-state index contributed by atoms with van der Waals surface area (Å²) in [7, 11) is 0. The summed E-state index contributed by atoms with van der Waals surface area (Å²) in [4.78, 5) is 21.4. The van der Waals surface area contributed by atoms with E-state index in [0.717, 1.165) is 0 Å². The van der Waals surface area contributed by atoms with Crippen molar-refractivity contribution in [1.82, 2.24) is 0 Å². The quantitative estimate of drug-likeness (QED) is 0.508. The van der Waals surface area contributed by atoms with Crippen molar-refractivity contribution in [2.45, 2.75) is 6.42 Å². The van der Waals surface area contributed by atoms with Gasteiger partial charge in [0.1, 0.15) is 0 Å². The van der Waals surface area contributed by atoms with Gasteiger partial charge in [-0.05, 0) is 18.2 Å². The van der Waals surface area contributed by atoms with E-state index < -0.39 is 5.91 Å². The molecule has 0 heterocycles. The molecule has 0 radical (unpaired) electrons. The van der Waals surface area contributed by atoms with E-state index in [1.165, 1.54) is 6.07 Å². The van der Waals surface area contributed by atoms with Gasteiger partial charge in [0.25, 0.3) is 0 Å². The number of primary amides is 2. The highest BCUT2D eigenvalue weighted by atomic mass is 16.1. The highest BCUT2D eigenvalue weighted by molar-refractivity contribution is 5.94. The summed E-state index contributed by atoms with van der Waals surface area (Å²) >= 11 is 0. The van der Waals surface area contributed by atoms with Crippen molar-refractivity contribution < 1.29 is 9.59 Å². The lowest BCUT2D eigenvalue weighted by Crippen LogP contribution is -2.16. The Morgan fingerprint density at radius 3 is 2.44 bits per heavy atom. The van der Waals surface area contributed by atoms with Crippen LogP contribution in [0.3, 0.4) is 0 Å². The molecular weight excluding hydrogens is 208 g/mol. The predicted octanol–water partition coefficient (Wildman–Crippen LogP) is -0.345. The van der Waals surface area contributed by atoms with E-state index >= 15 is 0 Å². The number of benzene rings is 1. The standard InChI is InChI=1S/C10H14N4O2/c11-7-5-6(10(13)16)1-2-8(7)14-4-3-9(12)15/h1-2,5,14H,3-4,11H2,(H2,12,15)(H2,13,16). The highest BCUT2D eigenvalue weighted by Crippen LogP contribution is 2.19. The molecule has 86 valence electrons. The molecule has 6 nitrogen and oxygen atoms in total. The monoisotopic (exact) mass is 222 g/mol. The van der Waals surface area contributed by atoms with E-state index in [9.17, 15) is 9.59 Å². The normalized spacial score (nSPS) is 9.75. The first-order chi connectivity index (χ1) is 7.50. The molecule has 0 bridgehead atoms. The minimum absolute atomic E-state index is 0.219. The summed E-state index contributed by atoms with van der Waals surface area (Å²) in [5.41, 5.74) is 17.2. The van der Waals surface area contributed by atoms with Gasteiger partial charge in [0.2, 0.25) is 11.8 Å². The van der Waals surface area contributed by atoms with Crippen molar-refractivity contribution in [3.63, 3.8) is 0 Å². The zero-order valence-corrected chi connectivity index (χ0v) is 8.69. The molecule has 6 heteroatoms. The van der Waals surface area contributed by atoms with Crippen LogP contribution < -0.4 is 22.5 Å². The van der Waals surface area contributed by atoms with E-state index in [4.69, 9.17) is 17.2 Å². The first kappa shape index (κ1) is 11.8. The maximum Gasteiger partial charge on any atom is 0.248 e. The molecule has 0 saturated carbocycles. The van der Waals surface area contributed by atoms with Gasteiger partial charge in [-0.25, -0.2) is 0 Å². The average molecular weight is 222 g/mol. The van der Waals surface area contributed by atoms with Crippen LogP contribution >= 0.6 is 0 Å². The molecule has 0 aliphatic carbocycles. The highest BCUT2D eigenvalue weighted by Gasteiger charge is 2.04. The minimum Gasteiger partial charge on any atom is -0.397 e. The molecule has 2 amide bonds. The van der Waals surface area contributed by atoms with Crippen LogP contribution in [0.2, 0.25) is 0 Å². The number of nitrogens with one attached hydrogen (secondary N) is 1. The largest absolute Gasteiger partial charge is 0.397 e. The number of nitrogen functional groups attached to an aromatic ring is 1. The second-order valence-corrected chi connectivity index (χ2v) is 3.31. The Balaban J connectivity index is 2.68. The van der Waals surface area contributed by atoms with Crippen molar-refractivity contribution in [2.75, 3.05) is 17.6 Å². The molecule has 0 aliphatic heterocycles. The van der Waals surface area contributed by atoms with Crippen molar-refractivity contribution in [1.29, 1.82) is 0 Å². The van der Waals surface area contributed by atoms with Gasteiger partial charge in [0, 0.05) is 18.5 Å². The average Bonchev–Trinajstić information content (AvgIpc) is 2.19. The molecule has 0 fully saturated rings. The maximum atomic E-state index is 10.9. The summed E-state index contributed by atoms with van der Waals surface area (Å²) in [5, 5.41) is 2.93. The number of carbonyl (C=O) groups is 2. The Bertz CT molecular complexity index is 417. The van der Waals surface area contributed by atoms with E-state index in [2.05, 4.69) is 5.32 Å². The summed E-state index contributed by atoms with van der Waals surface area (Å²) in [5.74, 6) is -0.921. The van der Waals surface area contributed by atoms with Crippen molar-refractivity contribution in [3.05, 3.63) is 23.8 Å². The number of nitrogens with two attached hydrogens (primary N) is 3. The summed E-state index contributed by atoms with van der Waals surface area (Å²) < 4.78 is 0. The Kier molecular flexibility index (Phi) is 3.71. The van der Waals surface area contributed by atoms with Crippen LogP contribution in [0.4, 0.5) is 11.4 Å². The molecule has 0 aromatic heterocycles. The molecule has 0 aliphatic rings. The third kappa shape index (κ3) is 3.16. The molecular formula is C10H14N4O2. The third-order valence-corrected chi connectivity index (χ3v) is 2.02. The van der Waals surface area contributed by atoms with Crippen LogP contribution in [0, 0.1) is 0 Å². The van der Waals surface area contributed by atoms with Crippen molar-refractivity contribution in [2.24, 2.45) is 11.5 Å². The van der Waals surface area contributed by atoms with Crippen LogP contribution in [0.1, 0.15) is 16.8 Å². The fraction of sp³-hybridized carbons (Fsp3) is 0.200. The molecule has 1 aromatic carbocycles. The maximum absolute atomic E-state index is 10.9. The SMILES string of the molecule is NC(=O)CCNc1ccc(C(N)=O)cc1N. The number of carbonyl (C=O) groups excluding carboxylic acids is 2. The summed E-state index contributed by atoms with van der Waals surface area (Å²) in [6.07, 6.45) is 0.219. The van der Waals surface area contributed by atoms with E-state index in [1.807, 2.05) is 0 Å². The van der Waals surface area contributed by atoms with Gasteiger partial charge in [-0.15, -0.1) is 0 Å². The van der Waals surface area contributed by atoms with E-state index in [-0.39, 0.29) is 12.3 Å². The minimum atomic E-state index is -0.532. The van der Waals surface area contributed by atoms with Crippen LogP contribution in [-0.2, 0) is 4.79 Å². The Labute approximate surface area is 92.8 Å². The Morgan fingerprint density at radius 2 is 1.94 bits per heavy atom. The lowest BCUT2D eigenvalue weighted by Gasteiger charge is -2.08. The van der Waals surface area contributed by atoms with Crippen molar-refractivity contribution >= 4 is 23.2 Å². The first-order valence-electron chi connectivity index (χ1n) is 4.72.